The average Bonchev–Trinajstić information content (AvgIpc) is 3.44. The molecule has 0 aliphatic carbocycles. The number of rotatable bonds is 6. The highest BCUT2D eigenvalue weighted by Crippen LogP contribution is 2.53. The molecule has 0 spiro atoms. The molecule has 0 N–H and O–H groups in total. The molecule has 0 saturated carbocycles. The van der Waals surface area contributed by atoms with E-state index in [0.717, 1.165) is 36.2 Å². The summed E-state index contributed by atoms with van der Waals surface area (Å²) in [5.74, 6) is -2.73. The Balaban J connectivity index is 1.37. The van der Waals surface area contributed by atoms with Crippen LogP contribution in [0, 0.1) is 5.92 Å². The molecule has 3 aliphatic heterocycles. The van der Waals surface area contributed by atoms with Crippen LogP contribution in [-0.4, -0.2) is 63.1 Å². The van der Waals surface area contributed by atoms with Gasteiger partial charge in [0.2, 0.25) is 17.7 Å². The highest BCUT2D eigenvalue weighted by atomic mass is 32.2. The van der Waals surface area contributed by atoms with Gasteiger partial charge in [-0.3, -0.25) is 28.7 Å². The number of hydrogen-bond acceptors (Lipinski definition) is 9. The summed E-state index contributed by atoms with van der Waals surface area (Å²) in [5, 5.41) is -0.239. The van der Waals surface area contributed by atoms with Crippen molar-refractivity contribution in [3.05, 3.63) is 74.5 Å². The lowest BCUT2D eigenvalue weighted by Crippen LogP contribution is -2.39. The molecule has 10 nitrogen and oxygen atoms in total. The lowest BCUT2D eigenvalue weighted by molar-refractivity contribution is -0.133. The topological polar surface area (TPSA) is 119 Å². The number of aromatic nitrogens is 2. The predicted molar refractivity (Wildman–Crippen MR) is 153 cm³/mol. The number of ether oxygens (including phenoxy) is 1. The minimum Gasteiger partial charge on any atom is -0.462 e. The summed E-state index contributed by atoms with van der Waals surface area (Å²) in [6, 6.07) is 9.79. The third kappa shape index (κ3) is 4.88. The number of nitrogens with zero attached hydrogens (tertiary/aromatic N) is 4. The van der Waals surface area contributed by atoms with Crippen molar-refractivity contribution in [1.82, 2.24) is 14.5 Å². The van der Waals surface area contributed by atoms with E-state index in [9.17, 15) is 24.0 Å². The zero-order valence-electron chi connectivity index (χ0n) is 22.4. The van der Waals surface area contributed by atoms with Crippen LogP contribution in [0.15, 0.2) is 58.6 Å². The Morgan fingerprint density at radius 1 is 1.02 bits per heavy atom. The zero-order chi connectivity index (χ0) is 28.7. The molecule has 5 heterocycles. The van der Waals surface area contributed by atoms with Gasteiger partial charge in [-0.25, -0.2) is 9.69 Å². The molecule has 2 fully saturated rings. The summed E-state index contributed by atoms with van der Waals surface area (Å²) in [6.45, 7) is 3.20. The Bertz CT molecular complexity index is 1560. The molecule has 3 amide bonds. The number of carbonyl (C=O) groups is 4. The second-order valence-corrected chi connectivity index (χ2v) is 12.3. The summed E-state index contributed by atoms with van der Waals surface area (Å²) in [7, 11) is 0. The minimum absolute atomic E-state index is 0.101. The number of amides is 3. The number of imide groups is 1. The maximum atomic E-state index is 14.0. The molecule has 212 valence electrons. The maximum absolute atomic E-state index is 14.0. The Hall–Kier alpha value is -3.77. The van der Waals surface area contributed by atoms with Crippen LogP contribution in [0.1, 0.15) is 52.9 Å². The maximum Gasteiger partial charge on any atom is 0.338 e. The molecule has 6 rings (SSSR count). The molecule has 0 unspecified atom stereocenters. The van der Waals surface area contributed by atoms with E-state index >= 15 is 0 Å². The smallest absolute Gasteiger partial charge is 0.338 e. The van der Waals surface area contributed by atoms with Gasteiger partial charge >= 0.3 is 10.8 Å². The first kappa shape index (κ1) is 27.4. The molecule has 2 saturated heterocycles. The molecule has 41 heavy (non-hydrogen) atoms. The van der Waals surface area contributed by atoms with Gasteiger partial charge in [0, 0.05) is 36.3 Å². The summed E-state index contributed by atoms with van der Waals surface area (Å²) in [4.78, 5) is 74.0. The molecule has 3 aromatic rings. The average molecular weight is 593 g/mol. The number of pyridine rings is 1. The Kier molecular flexibility index (Phi) is 7.52. The highest BCUT2D eigenvalue weighted by Gasteiger charge is 2.57. The Morgan fingerprint density at radius 3 is 2.46 bits per heavy atom. The third-order valence-electron chi connectivity index (χ3n) is 7.73. The van der Waals surface area contributed by atoms with Crippen LogP contribution in [0.2, 0.25) is 0 Å². The van der Waals surface area contributed by atoms with E-state index in [1.165, 1.54) is 33.4 Å². The van der Waals surface area contributed by atoms with Gasteiger partial charge in [0.15, 0.2) is 0 Å². The minimum atomic E-state index is -0.796. The SMILES string of the molecule is CCOC(=O)c1ccc(N2C(=O)[C@H]3[C@H](c4cccnc4)c4sc(=O)n(CC(=O)N5CCCCC5)c4S[C@H]3C2=O)cc1. The van der Waals surface area contributed by atoms with Crippen molar-refractivity contribution in [2.24, 2.45) is 5.92 Å². The number of thioether (sulfide) groups is 1. The molecule has 2 aromatic heterocycles. The largest absolute Gasteiger partial charge is 0.462 e. The van der Waals surface area contributed by atoms with Gasteiger partial charge in [0.05, 0.1) is 28.8 Å². The van der Waals surface area contributed by atoms with Crippen LogP contribution in [0.25, 0.3) is 0 Å². The molecule has 1 aromatic carbocycles. The van der Waals surface area contributed by atoms with Crippen LogP contribution < -0.4 is 9.77 Å². The van der Waals surface area contributed by atoms with Crippen LogP contribution in [0.5, 0.6) is 0 Å². The number of thiazole rings is 1. The van der Waals surface area contributed by atoms with Gasteiger partial charge in [-0.2, -0.15) is 0 Å². The van der Waals surface area contributed by atoms with Crippen molar-refractivity contribution in [3.63, 3.8) is 0 Å². The van der Waals surface area contributed by atoms with E-state index < -0.39 is 29.0 Å². The van der Waals surface area contributed by atoms with E-state index in [-0.39, 0.29) is 29.8 Å². The zero-order valence-corrected chi connectivity index (χ0v) is 24.0. The van der Waals surface area contributed by atoms with Crippen LogP contribution >= 0.6 is 23.1 Å². The third-order valence-corrected chi connectivity index (χ3v) is 10.3. The van der Waals surface area contributed by atoms with Gasteiger partial charge in [-0.1, -0.05) is 29.2 Å². The lowest BCUT2D eigenvalue weighted by Gasteiger charge is -2.31. The second-order valence-electron chi connectivity index (χ2n) is 10.2. The summed E-state index contributed by atoms with van der Waals surface area (Å²) in [5.41, 5.74) is 1.40. The molecule has 0 radical (unpaired) electrons. The number of fused-ring (bicyclic) bond motifs is 2. The van der Waals surface area contributed by atoms with Gasteiger partial charge in [-0.15, -0.1) is 0 Å². The molecular formula is C29H28N4O6S2. The van der Waals surface area contributed by atoms with Crippen molar-refractivity contribution in [2.75, 3.05) is 24.6 Å². The summed E-state index contributed by atoms with van der Waals surface area (Å²) < 4.78 is 6.51. The Labute approximate surface area is 244 Å². The van der Waals surface area contributed by atoms with Crippen LogP contribution in [-0.2, 0) is 25.7 Å². The molecule has 3 atom stereocenters. The number of piperidine rings is 1. The summed E-state index contributed by atoms with van der Waals surface area (Å²) >= 11 is 2.21. The highest BCUT2D eigenvalue weighted by molar-refractivity contribution is 8.00. The van der Waals surface area contributed by atoms with Crippen molar-refractivity contribution in [2.45, 2.75) is 48.9 Å². The quantitative estimate of drug-likeness (QED) is 0.316. The second kappa shape index (κ2) is 11.2. The molecule has 3 aliphatic rings. The number of likely N-dealkylation sites (tertiary alicyclic amines) is 1. The fourth-order valence-electron chi connectivity index (χ4n) is 5.77. The number of hydrogen-bond donors (Lipinski definition) is 0. The normalized spacial score (nSPS) is 21.9. The monoisotopic (exact) mass is 592 g/mol. The van der Waals surface area contributed by atoms with Crippen LogP contribution in [0.4, 0.5) is 5.69 Å². The van der Waals surface area contributed by atoms with E-state index in [1.54, 1.807) is 42.4 Å². The molecule has 0 bridgehead atoms. The number of benzene rings is 1. The lowest BCUT2D eigenvalue weighted by atomic mass is 9.84. The van der Waals surface area contributed by atoms with Gasteiger partial charge < -0.3 is 9.64 Å². The predicted octanol–water partition coefficient (Wildman–Crippen LogP) is 3.29. The van der Waals surface area contributed by atoms with Crippen LogP contribution in [0.3, 0.4) is 0 Å². The Morgan fingerprint density at radius 2 is 1.78 bits per heavy atom. The number of esters is 1. The van der Waals surface area contributed by atoms with E-state index in [4.69, 9.17) is 4.74 Å². The fourth-order valence-corrected chi connectivity index (χ4v) is 8.54. The molecular weight excluding hydrogens is 564 g/mol. The van der Waals surface area contributed by atoms with Crippen molar-refractivity contribution in [3.8, 4) is 0 Å². The summed E-state index contributed by atoms with van der Waals surface area (Å²) in [6.07, 6.45) is 6.25. The molecule has 12 heteroatoms. The first-order valence-electron chi connectivity index (χ1n) is 13.6. The van der Waals surface area contributed by atoms with E-state index in [2.05, 4.69) is 4.98 Å². The van der Waals surface area contributed by atoms with Gasteiger partial charge in [0.1, 0.15) is 11.8 Å². The van der Waals surface area contributed by atoms with Crippen molar-refractivity contribution in [1.29, 1.82) is 0 Å². The van der Waals surface area contributed by atoms with Gasteiger partial charge in [-0.05, 0) is 62.1 Å². The van der Waals surface area contributed by atoms with Crippen molar-refractivity contribution < 1.29 is 23.9 Å². The first-order chi connectivity index (χ1) is 19.9. The standard InChI is InChI=1S/C29H28N4O6S2/c1-2-39-28(37)17-8-10-19(11-9-17)33-25(35)22-21(18-7-6-12-30-15-18)24-27(40-23(22)26(33)36)32(29(38)41-24)16-20(34)31-13-4-3-5-14-31/h6-12,15,21-23H,2-5,13-14,16H2,1H3/t21-,22-,23+/m0/s1. The van der Waals surface area contributed by atoms with Crippen molar-refractivity contribution >= 4 is 52.5 Å². The number of carbonyl (C=O) groups excluding carboxylic acids is 4. The first-order valence-corrected chi connectivity index (χ1v) is 15.3. The fraction of sp³-hybridized carbons (Fsp3) is 0.379. The number of anilines is 1. The van der Waals surface area contributed by atoms with E-state index in [1.807, 2.05) is 6.07 Å². The van der Waals surface area contributed by atoms with Gasteiger partial charge in [0.25, 0.3) is 0 Å². The van der Waals surface area contributed by atoms with E-state index in [0.29, 0.717) is 34.2 Å².